The summed E-state index contributed by atoms with van der Waals surface area (Å²) in [6.07, 6.45) is 0. The summed E-state index contributed by atoms with van der Waals surface area (Å²) < 4.78 is 62.3. The molecule has 0 heterocycles. The van der Waals surface area contributed by atoms with E-state index in [1.165, 1.54) is 25.2 Å². The van der Waals surface area contributed by atoms with Gasteiger partial charge in [0, 0.05) is 11.5 Å². The van der Waals surface area contributed by atoms with Crippen LogP contribution in [0.15, 0.2) is 70.5 Å². The van der Waals surface area contributed by atoms with Crippen LogP contribution in [0.4, 0.5) is 0 Å². The molecular weight excluding hydrogens is 414 g/mol. The smallest absolute Gasteiger partial charge is 0.339 e. The molecule has 0 atom stereocenters. The van der Waals surface area contributed by atoms with E-state index in [-0.39, 0.29) is 10.6 Å². The second-order valence-electron chi connectivity index (χ2n) is 5.47. The van der Waals surface area contributed by atoms with E-state index < -0.39 is 25.1 Å². The average molecular weight is 440 g/mol. The van der Waals surface area contributed by atoms with Crippen molar-refractivity contribution in [2.24, 2.45) is 5.73 Å². The molecule has 0 spiro atoms. The molecule has 7 nitrogen and oxygen atoms in total. The van der Waals surface area contributed by atoms with Crippen LogP contribution in [-0.2, 0) is 20.2 Å². The molecule has 0 aromatic heterocycles. The summed E-state index contributed by atoms with van der Waals surface area (Å²) in [5, 5.41) is 0.831. The van der Waals surface area contributed by atoms with Gasteiger partial charge in [-0.05, 0) is 37.6 Å². The van der Waals surface area contributed by atoms with Crippen LogP contribution in [0.3, 0.4) is 0 Å². The zero-order valence-corrected chi connectivity index (χ0v) is 18.3. The molecule has 158 valence electrons. The molecule has 0 aliphatic carbocycles. The molecule has 0 saturated heterocycles. The highest BCUT2D eigenvalue weighted by atomic mass is 32.2. The zero-order valence-electron chi connectivity index (χ0n) is 16.7. The Kier molecular flexibility index (Phi) is 8.78. The Labute approximate surface area is 172 Å². The maximum atomic E-state index is 12.5. The summed E-state index contributed by atoms with van der Waals surface area (Å²) in [6, 6.07) is 14.8. The van der Waals surface area contributed by atoms with Crippen molar-refractivity contribution in [2.45, 2.75) is 30.6 Å². The minimum atomic E-state index is -4.52. The number of aryl methyl sites for hydroxylation is 1. The first kappa shape index (κ1) is 24.6. The monoisotopic (exact) mass is 439 g/mol. The van der Waals surface area contributed by atoms with E-state index in [4.69, 9.17) is 4.18 Å². The van der Waals surface area contributed by atoms with Gasteiger partial charge >= 0.3 is 10.1 Å². The van der Waals surface area contributed by atoms with Gasteiger partial charge in [-0.1, -0.05) is 55.8 Å². The van der Waals surface area contributed by atoms with Gasteiger partial charge in [-0.2, -0.15) is 16.8 Å². The Hall–Kier alpha value is -2.46. The third-order valence-electron chi connectivity index (χ3n) is 3.60. The summed E-state index contributed by atoms with van der Waals surface area (Å²) in [7, 11) is -7.18. The fraction of sp³-hybridized carbons (Fsp3) is 0.200. The number of nitrogens with two attached hydrogens (primary N) is 1. The van der Waals surface area contributed by atoms with Crippen molar-refractivity contribution in [1.29, 1.82) is 0 Å². The third-order valence-corrected chi connectivity index (χ3v) is 5.68. The number of hydrogen-bond donors (Lipinski definition) is 2. The highest BCUT2D eigenvalue weighted by Crippen LogP contribution is 2.31. The maximum Gasteiger partial charge on any atom is 0.339 e. The molecule has 3 N–H and O–H groups in total. The van der Waals surface area contributed by atoms with Gasteiger partial charge in [-0.3, -0.25) is 4.55 Å². The van der Waals surface area contributed by atoms with E-state index in [1.54, 1.807) is 36.4 Å². The summed E-state index contributed by atoms with van der Waals surface area (Å²) in [5.41, 5.74) is 5.39. The SMILES string of the molecule is CC.CN.Cc1ccc(S(=O)(=O)Oc2cc(S(=O)(=O)O)cc3ccccc23)cc1. The van der Waals surface area contributed by atoms with E-state index in [2.05, 4.69) is 5.73 Å². The lowest BCUT2D eigenvalue weighted by molar-refractivity contribution is 0.477. The van der Waals surface area contributed by atoms with Crippen LogP contribution < -0.4 is 9.92 Å². The summed E-state index contributed by atoms with van der Waals surface area (Å²) in [5.74, 6) is -0.175. The van der Waals surface area contributed by atoms with Gasteiger partial charge in [0.25, 0.3) is 10.1 Å². The molecule has 29 heavy (non-hydrogen) atoms. The van der Waals surface area contributed by atoms with Crippen LogP contribution in [0.2, 0.25) is 0 Å². The van der Waals surface area contributed by atoms with E-state index in [1.807, 2.05) is 20.8 Å². The topological polar surface area (TPSA) is 124 Å². The molecular formula is C20H25NO6S2. The second-order valence-corrected chi connectivity index (χ2v) is 8.44. The lowest BCUT2D eigenvalue weighted by Gasteiger charge is -2.11. The van der Waals surface area contributed by atoms with Crippen LogP contribution in [-0.4, -0.2) is 28.4 Å². The Morgan fingerprint density at radius 3 is 1.93 bits per heavy atom. The predicted octanol–water partition coefficient (Wildman–Crippen LogP) is 3.76. The van der Waals surface area contributed by atoms with E-state index in [9.17, 15) is 21.4 Å². The standard InChI is InChI=1S/C17H14O6S2.C2H6.CH5N/c1-12-6-8-14(9-7-12)25(21,22)23-17-11-15(24(18,19)20)10-13-4-2-3-5-16(13)17;2*1-2/h2-11H,1H3,(H,18,19,20);1-2H3;2H2,1H3. The normalized spacial score (nSPS) is 11.0. The first-order chi connectivity index (χ1) is 13.7. The van der Waals surface area contributed by atoms with Crippen molar-refractivity contribution in [3.8, 4) is 5.75 Å². The molecule has 0 saturated carbocycles. The predicted molar refractivity (Wildman–Crippen MR) is 114 cm³/mol. The van der Waals surface area contributed by atoms with Crippen molar-refractivity contribution < 1.29 is 25.6 Å². The number of fused-ring (bicyclic) bond motifs is 1. The van der Waals surface area contributed by atoms with Gasteiger partial charge in [-0.25, -0.2) is 0 Å². The quantitative estimate of drug-likeness (QED) is 0.468. The molecule has 9 heteroatoms. The summed E-state index contributed by atoms with van der Waals surface area (Å²) >= 11 is 0. The Balaban J connectivity index is 0.000000989. The Bertz CT molecular complexity index is 1160. The van der Waals surface area contributed by atoms with Crippen LogP contribution >= 0.6 is 0 Å². The minimum absolute atomic E-state index is 0.0561. The summed E-state index contributed by atoms with van der Waals surface area (Å²) in [4.78, 5) is -0.500. The zero-order chi connectivity index (χ0) is 22.2. The molecule has 3 aromatic carbocycles. The molecule has 0 aliphatic heterocycles. The third kappa shape index (κ3) is 6.26. The largest absolute Gasteiger partial charge is 0.378 e. The first-order valence-electron chi connectivity index (χ1n) is 8.76. The van der Waals surface area contributed by atoms with Gasteiger partial charge < -0.3 is 9.92 Å². The molecule has 0 amide bonds. The van der Waals surface area contributed by atoms with Crippen molar-refractivity contribution in [1.82, 2.24) is 0 Å². The van der Waals surface area contributed by atoms with Gasteiger partial charge in [0.05, 0.1) is 4.90 Å². The van der Waals surface area contributed by atoms with Crippen molar-refractivity contribution in [3.05, 3.63) is 66.2 Å². The fourth-order valence-electron chi connectivity index (χ4n) is 2.34. The molecule has 3 aromatic rings. The fourth-order valence-corrected chi connectivity index (χ4v) is 3.81. The average Bonchev–Trinajstić information content (AvgIpc) is 2.70. The number of rotatable bonds is 4. The molecule has 3 rings (SSSR count). The van der Waals surface area contributed by atoms with Gasteiger partial charge in [0.2, 0.25) is 0 Å². The first-order valence-corrected chi connectivity index (χ1v) is 11.6. The van der Waals surface area contributed by atoms with Gasteiger partial charge in [-0.15, -0.1) is 0 Å². The van der Waals surface area contributed by atoms with Crippen LogP contribution in [0.5, 0.6) is 5.75 Å². The molecule has 0 fully saturated rings. The van der Waals surface area contributed by atoms with Crippen molar-refractivity contribution >= 4 is 31.0 Å². The maximum absolute atomic E-state index is 12.5. The molecule has 0 bridgehead atoms. The van der Waals surface area contributed by atoms with Crippen LogP contribution in [0.1, 0.15) is 19.4 Å². The van der Waals surface area contributed by atoms with E-state index >= 15 is 0 Å². The minimum Gasteiger partial charge on any atom is -0.378 e. The van der Waals surface area contributed by atoms with Crippen molar-refractivity contribution in [2.75, 3.05) is 7.05 Å². The second kappa shape index (κ2) is 10.4. The molecule has 0 unspecified atom stereocenters. The van der Waals surface area contributed by atoms with E-state index in [0.717, 1.165) is 11.6 Å². The van der Waals surface area contributed by atoms with Gasteiger partial charge in [0.15, 0.2) is 5.75 Å². The van der Waals surface area contributed by atoms with E-state index in [0.29, 0.717) is 10.8 Å². The molecule has 0 radical (unpaired) electrons. The lowest BCUT2D eigenvalue weighted by atomic mass is 10.1. The Morgan fingerprint density at radius 1 is 0.828 bits per heavy atom. The lowest BCUT2D eigenvalue weighted by Crippen LogP contribution is -2.10. The van der Waals surface area contributed by atoms with Gasteiger partial charge in [0.1, 0.15) is 4.90 Å². The molecule has 0 aliphatic rings. The van der Waals surface area contributed by atoms with Crippen LogP contribution in [0.25, 0.3) is 10.8 Å². The highest BCUT2D eigenvalue weighted by Gasteiger charge is 2.21. The van der Waals surface area contributed by atoms with Crippen LogP contribution in [0, 0.1) is 6.92 Å². The Morgan fingerprint density at radius 2 is 1.38 bits per heavy atom. The number of benzene rings is 3. The number of hydrogen-bond acceptors (Lipinski definition) is 6. The van der Waals surface area contributed by atoms with Crippen molar-refractivity contribution in [3.63, 3.8) is 0 Å². The summed E-state index contributed by atoms with van der Waals surface area (Å²) in [6.45, 7) is 5.82. The highest BCUT2D eigenvalue weighted by molar-refractivity contribution is 7.87.